The average molecular weight is 334 g/mol. The number of benzene rings is 1. The molecule has 2 aromatic rings. The van der Waals surface area contributed by atoms with Crippen LogP contribution in [0.4, 0.5) is 11.5 Å². The van der Waals surface area contributed by atoms with Gasteiger partial charge in [-0.2, -0.15) is 0 Å². The molecule has 3 nitrogen and oxygen atoms in total. The van der Waals surface area contributed by atoms with Crippen molar-refractivity contribution in [3.05, 3.63) is 46.3 Å². The second kappa shape index (κ2) is 5.92. The lowest BCUT2D eigenvalue weighted by atomic mass is 9.86. The molecule has 20 heavy (non-hydrogen) atoms. The van der Waals surface area contributed by atoms with Crippen molar-refractivity contribution in [2.75, 3.05) is 5.32 Å². The summed E-state index contributed by atoms with van der Waals surface area (Å²) >= 11 is 3.43. The SMILES string of the molecule is CCc1nc(Br)cc(Nc2ccccc2C(C)(C)C)n1. The lowest BCUT2D eigenvalue weighted by Crippen LogP contribution is -2.14. The van der Waals surface area contributed by atoms with Crippen molar-refractivity contribution in [2.45, 2.75) is 39.5 Å². The molecule has 1 N–H and O–H groups in total. The van der Waals surface area contributed by atoms with Crippen LogP contribution in [0.25, 0.3) is 0 Å². The van der Waals surface area contributed by atoms with Gasteiger partial charge in [0, 0.05) is 18.2 Å². The number of nitrogens with zero attached hydrogens (tertiary/aromatic N) is 2. The highest BCUT2D eigenvalue weighted by molar-refractivity contribution is 9.10. The summed E-state index contributed by atoms with van der Waals surface area (Å²) in [5.74, 6) is 1.65. The van der Waals surface area contributed by atoms with Gasteiger partial charge < -0.3 is 5.32 Å². The number of hydrogen-bond acceptors (Lipinski definition) is 3. The van der Waals surface area contributed by atoms with E-state index >= 15 is 0 Å². The third-order valence-corrected chi connectivity index (χ3v) is 3.46. The van der Waals surface area contributed by atoms with E-state index in [1.165, 1.54) is 5.56 Å². The molecule has 1 aromatic carbocycles. The van der Waals surface area contributed by atoms with E-state index in [0.717, 1.165) is 28.4 Å². The number of halogens is 1. The molecule has 0 spiro atoms. The standard InChI is InChI=1S/C16H20BrN3/c1-5-14-19-13(17)10-15(20-14)18-12-9-7-6-8-11(12)16(2,3)4/h6-10H,5H2,1-4H3,(H,18,19,20). The van der Waals surface area contributed by atoms with Crippen LogP contribution in [0.15, 0.2) is 34.9 Å². The Hall–Kier alpha value is -1.42. The van der Waals surface area contributed by atoms with Crippen molar-refractivity contribution in [1.82, 2.24) is 9.97 Å². The minimum Gasteiger partial charge on any atom is -0.340 e. The minimum atomic E-state index is 0.0848. The van der Waals surface area contributed by atoms with Crippen LogP contribution in [0, 0.1) is 0 Å². The lowest BCUT2D eigenvalue weighted by Gasteiger charge is -2.23. The van der Waals surface area contributed by atoms with Gasteiger partial charge in [0.1, 0.15) is 16.2 Å². The number of anilines is 2. The third-order valence-electron chi connectivity index (χ3n) is 3.06. The molecule has 0 aliphatic heterocycles. The van der Waals surface area contributed by atoms with Crippen LogP contribution in [0.5, 0.6) is 0 Å². The van der Waals surface area contributed by atoms with Crippen LogP contribution < -0.4 is 5.32 Å². The molecular formula is C16H20BrN3. The molecular weight excluding hydrogens is 314 g/mol. The number of aromatic nitrogens is 2. The van der Waals surface area contributed by atoms with Crippen molar-refractivity contribution in [3.8, 4) is 0 Å². The summed E-state index contributed by atoms with van der Waals surface area (Å²) in [6.07, 6.45) is 0.815. The number of rotatable bonds is 3. The zero-order chi connectivity index (χ0) is 14.8. The van der Waals surface area contributed by atoms with Crippen LogP contribution >= 0.6 is 15.9 Å². The van der Waals surface area contributed by atoms with Gasteiger partial charge in [0.25, 0.3) is 0 Å². The van der Waals surface area contributed by atoms with Gasteiger partial charge in [-0.1, -0.05) is 45.9 Å². The average Bonchev–Trinajstić information content (AvgIpc) is 2.37. The fraction of sp³-hybridized carbons (Fsp3) is 0.375. The Kier molecular flexibility index (Phi) is 4.43. The zero-order valence-corrected chi connectivity index (χ0v) is 14.0. The van der Waals surface area contributed by atoms with Crippen molar-refractivity contribution < 1.29 is 0 Å². The van der Waals surface area contributed by atoms with E-state index in [1.54, 1.807) is 0 Å². The molecule has 0 saturated heterocycles. The second-order valence-corrected chi connectivity index (χ2v) is 6.58. The molecule has 1 aromatic heterocycles. The summed E-state index contributed by atoms with van der Waals surface area (Å²) in [6.45, 7) is 8.68. The molecule has 0 saturated carbocycles. The Morgan fingerprint density at radius 3 is 2.50 bits per heavy atom. The summed E-state index contributed by atoms with van der Waals surface area (Å²) in [7, 11) is 0. The molecule has 0 amide bonds. The highest BCUT2D eigenvalue weighted by atomic mass is 79.9. The van der Waals surface area contributed by atoms with Gasteiger partial charge in [0.05, 0.1) is 0 Å². The largest absolute Gasteiger partial charge is 0.340 e. The maximum absolute atomic E-state index is 4.52. The highest BCUT2D eigenvalue weighted by Crippen LogP contribution is 2.31. The van der Waals surface area contributed by atoms with E-state index < -0.39 is 0 Å². The first kappa shape index (κ1) is 15.0. The summed E-state index contributed by atoms with van der Waals surface area (Å²) in [5, 5.41) is 3.41. The first-order valence-electron chi connectivity index (χ1n) is 6.80. The third kappa shape index (κ3) is 3.57. The van der Waals surface area contributed by atoms with Crippen molar-refractivity contribution in [1.29, 1.82) is 0 Å². The van der Waals surface area contributed by atoms with Gasteiger partial charge in [-0.25, -0.2) is 9.97 Å². The minimum absolute atomic E-state index is 0.0848. The maximum atomic E-state index is 4.52. The van der Waals surface area contributed by atoms with Crippen molar-refractivity contribution in [2.24, 2.45) is 0 Å². The molecule has 0 radical (unpaired) electrons. The number of para-hydroxylation sites is 1. The van der Waals surface area contributed by atoms with Gasteiger partial charge >= 0.3 is 0 Å². The number of nitrogens with one attached hydrogen (secondary N) is 1. The normalized spacial score (nSPS) is 11.4. The molecule has 0 aliphatic carbocycles. The van der Waals surface area contributed by atoms with Crippen LogP contribution in [-0.2, 0) is 11.8 Å². The van der Waals surface area contributed by atoms with Crippen LogP contribution in [0.3, 0.4) is 0 Å². The maximum Gasteiger partial charge on any atom is 0.135 e. The Labute approximate surface area is 129 Å². The topological polar surface area (TPSA) is 37.8 Å². The molecule has 0 bridgehead atoms. The monoisotopic (exact) mass is 333 g/mol. The molecule has 0 unspecified atom stereocenters. The van der Waals surface area contributed by atoms with Gasteiger partial charge in [0.2, 0.25) is 0 Å². The van der Waals surface area contributed by atoms with Crippen LogP contribution in [0.2, 0.25) is 0 Å². The number of hydrogen-bond donors (Lipinski definition) is 1. The van der Waals surface area contributed by atoms with Crippen molar-refractivity contribution in [3.63, 3.8) is 0 Å². The van der Waals surface area contributed by atoms with Crippen molar-refractivity contribution >= 4 is 27.4 Å². The number of aryl methyl sites for hydroxylation is 1. The van der Waals surface area contributed by atoms with Crippen LogP contribution in [-0.4, -0.2) is 9.97 Å². The van der Waals surface area contributed by atoms with Gasteiger partial charge in [-0.3, -0.25) is 0 Å². The molecule has 0 fully saturated rings. The first-order valence-corrected chi connectivity index (χ1v) is 7.59. The molecule has 0 atom stereocenters. The Morgan fingerprint density at radius 2 is 1.85 bits per heavy atom. The Morgan fingerprint density at radius 1 is 1.15 bits per heavy atom. The zero-order valence-electron chi connectivity index (χ0n) is 12.4. The highest BCUT2D eigenvalue weighted by Gasteiger charge is 2.17. The van der Waals surface area contributed by atoms with E-state index in [2.05, 4.69) is 77.1 Å². The van der Waals surface area contributed by atoms with E-state index in [9.17, 15) is 0 Å². The smallest absolute Gasteiger partial charge is 0.135 e. The summed E-state index contributed by atoms with van der Waals surface area (Å²) in [5.41, 5.74) is 2.45. The van der Waals surface area contributed by atoms with Gasteiger partial charge in [-0.05, 0) is 33.0 Å². The summed E-state index contributed by atoms with van der Waals surface area (Å²) in [4.78, 5) is 8.85. The Balaban J connectivity index is 2.38. The van der Waals surface area contributed by atoms with Gasteiger partial charge in [0.15, 0.2) is 0 Å². The van der Waals surface area contributed by atoms with E-state index in [-0.39, 0.29) is 5.41 Å². The van der Waals surface area contributed by atoms with E-state index in [1.807, 2.05) is 12.1 Å². The lowest BCUT2D eigenvalue weighted by molar-refractivity contribution is 0.592. The molecule has 0 aliphatic rings. The quantitative estimate of drug-likeness (QED) is 0.816. The predicted molar refractivity (Wildman–Crippen MR) is 87.5 cm³/mol. The van der Waals surface area contributed by atoms with Gasteiger partial charge in [-0.15, -0.1) is 0 Å². The molecule has 106 valence electrons. The van der Waals surface area contributed by atoms with E-state index in [0.29, 0.717) is 0 Å². The summed E-state index contributed by atoms with van der Waals surface area (Å²) < 4.78 is 0.806. The Bertz CT molecular complexity index is 603. The first-order chi connectivity index (χ1) is 9.40. The predicted octanol–water partition coefficient (Wildman–Crippen LogP) is 4.84. The molecule has 4 heteroatoms. The van der Waals surface area contributed by atoms with Crippen LogP contribution in [0.1, 0.15) is 39.1 Å². The second-order valence-electron chi connectivity index (χ2n) is 5.77. The fourth-order valence-electron chi connectivity index (χ4n) is 2.07. The molecule has 1 heterocycles. The van der Waals surface area contributed by atoms with E-state index in [4.69, 9.17) is 0 Å². The fourth-order valence-corrected chi connectivity index (χ4v) is 2.49. The molecule has 2 rings (SSSR count). The summed E-state index contributed by atoms with van der Waals surface area (Å²) in [6, 6.07) is 10.2.